The van der Waals surface area contributed by atoms with Gasteiger partial charge in [-0.05, 0) is 26.3 Å². The van der Waals surface area contributed by atoms with Gasteiger partial charge in [0.2, 0.25) is 5.91 Å². The lowest BCUT2D eigenvalue weighted by Crippen LogP contribution is -2.42. The van der Waals surface area contributed by atoms with Crippen molar-refractivity contribution < 1.29 is 14.7 Å². The summed E-state index contributed by atoms with van der Waals surface area (Å²) in [7, 11) is 0. The summed E-state index contributed by atoms with van der Waals surface area (Å²) in [6.07, 6.45) is -0.0139. The number of rotatable bonds is 8. The second-order valence-electron chi connectivity index (χ2n) is 5.21. The maximum Gasteiger partial charge on any atom is 0.305 e. The van der Waals surface area contributed by atoms with Crippen LogP contribution in [-0.2, 0) is 15.3 Å². The van der Waals surface area contributed by atoms with Crippen molar-refractivity contribution in [3.63, 3.8) is 0 Å². The zero-order valence-electron chi connectivity index (χ0n) is 12.8. The Morgan fingerprint density at radius 1 is 1.19 bits per heavy atom. The molecule has 0 spiro atoms. The van der Waals surface area contributed by atoms with Crippen molar-refractivity contribution in [3.05, 3.63) is 35.9 Å². The first-order valence-electron chi connectivity index (χ1n) is 7.09. The van der Waals surface area contributed by atoms with Crippen LogP contribution >= 0.6 is 11.8 Å². The van der Waals surface area contributed by atoms with Crippen LogP contribution in [0, 0.1) is 0 Å². The Bertz CT molecular complexity index is 462. The number of carboxylic acid groups (broad SMARTS) is 1. The fourth-order valence-corrected chi connectivity index (χ4v) is 2.85. The summed E-state index contributed by atoms with van der Waals surface area (Å²) in [5.74, 6) is -0.0938. The number of carbonyl (C=O) groups excluding carboxylic acids is 1. The Labute approximate surface area is 130 Å². The predicted molar refractivity (Wildman–Crippen MR) is 86.3 cm³/mol. The summed E-state index contributed by atoms with van der Waals surface area (Å²) in [5, 5.41) is 8.59. The van der Waals surface area contributed by atoms with E-state index in [9.17, 15) is 9.59 Å². The molecule has 1 aromatic rings. The molecule has 0 fully saturated rings. The minimum absolute atomic E-state index is 0.00665. The van der Waals surface area contributed by atoms with Gasteiger partial charge in [0, 0.05) is 18.3 Å². The second kappa shape index (κ2) is 8.72. The number of thioether (sulfide) groups is 1. The first kappa shape index (κ1) is 17.6. The molecule has 0 aliphatic heterocycles. The summed E-state index contributed by atoms with van der Waals surface area (Å²) in [6.45, 7) is 5.97. The van der Waals surface area contributed by atoms with Crippen molar-refractivity contribution >= 4 is 23.6 Å². The SMILES string of the molecule is CC(SCc1ccccc1)C(=O)N(CCC(=O)O)C(C)C. The van der Waals surface area contributed by atoms with Gasteiger partial charge in [-0.25, -0.2) is 0 Å². The molecule has 4 nitrogen and oxygen atoms in total. The highest BCUT2D eigenvalue weighted by atomic mass is 32.2. The quantitative estimate of drug-likeness (QED) is 0.802. The summed E-state index contributed by atoms with van der Waals surface area (Å²) >= 11 is 1.58. The van der Waals surface area contributed by atoms with Crippen molar-refractivity contribution in [2.24, 2.45) is 0 Å². The summed E-state index contributed by atoms with van der Waals surface area (Å²) in [5.41, 5.74) is 1.18. The van der Waals surface area contributed by atoms with Gasteiger partial charge in [0.25, 0.3) is 0 Å². The highest BCUT2D eigenvalue weighted by Gasteiger charge is 2.23. The van der Waals surface area contributed by atoms with Crippen molar-refractivity contribution in [2.75, 3.05) is 6.54 Å². The van der Waals surface area contributed by atoms with Crippen molar-refractivity contribution in [1.29, 1.82) is 0 Å². The average molecular weight is 309 g/mol. The molecular formula is C16H23NO3S. The molecule has 1 unspecified atom stereocenters. The van der Waals surface area contributed by atoms with Crippen molar-refractivity contribution in [3.8, 4) is 0 Å². The van der Waals surface area contributed by atoms with Gasteiger partial charge in [0.05, 0.1) is 11.7 Å². The van der Waals surface area contributed by atoms with Gasteiger partial charge in [-0.15, -0.1) is 11.8 Å². The van der Waals surface area contributed by atoms with E-state index < -0.39 is 5.97 Å². The Morgan fingerprint density at radius 2 is 1.81 bits per heavy atom. The van der Waals surface area contributed by atoms with E-state index in [1.807, 2.05) is 51.1 Å². The fraction of sp³-hybridized carbons (Fsp3) is 0.500. The third kappa shape index (κ3) is 6.21. The molecule has 1 amide bonds. The smallest absolute Gasteiger partial charge is 0.305 e. The van der Waals surface area contributed by atoms with Crippen LogP contribution in [0.5, 0.6) is 0 Å². The lowest BCUT2D eigenvalue weighted by Gasteiger charge is -2.28. The van der Waals surface area contributed by atoms with Gasteiger partial charge in [-0.1, -0.05) is 30.3 Å². The molecule has 21 heavy (non-hydrogen) atoms. The van der Waals surface area contributed by atoms with Crippen LogP contribution in [0.4, 0.5) is 0 Å². The molecule has 1 N–H and O–H groups in total. The van der Waals surface area contributed by atoms with Crippen LogP contribution in [0.2, 0.25) is 0 Å². The molecule has 0 heterocycles. The number of aliphatic carboxylic acids is 1. The number of nitrogens with zero attached hydrogens (tertiary/aromatic N) is 1. The van der Waals surface area contributed by atoms with E-state index in [1.165, 1.54) is 5.56 Å². The monoisotopic (exact) mass is 309 g/mol. The largest absolute Gasteiger partial charge is 0.481 e. The van der Waals surface area contributed by atoms with Gasteiger partial charge < -0.3 is 10.0 Å². The van der Waals surface area contributed by atoms with Crippen LogP contribution in [0.15, 0.2) is 30.3 Å². The number of benzene rings is 1. The van der Waals surface area contributed by atoms with Crippen LogP contribution in [0.1, 0.15) is 32.8 Å². The van der Waals surface area contributed by atoms with E-state index in [0.717, 1.165) is 5.75 Å². The molecule has 0 aromatic heterocycles. The Morgan fingerprint density at radius 3 is 2.33 bits per heavy atom. The molecule has 116 valence electrons. The predicted octanol–water partition coefficient (Wildman–Crippen LogP) is 3.02. The van der Waals surface area contributed by atoms with Crippen LogP contribution in [0.25, 0.3) is 0 Å². The fourth-order valence-electron chi connectivity index (χ4n) is 1.94. The molecule has 0 bridgehead atoms. The normalized spacial score (nSPS) is 12.2. The number of carboxylic acids is 1. The maximum absolute atomic E-state index is 12.4. The highest BCUT2D eigenvalue weighted by Crippen LogP contribution is 2.20. The van der Waals surface area contributed by atoms with E-state index in [0.29, 0.717) is 0 Å². The lowest BCUT2D eigenvalue weighted by molar-refractivity contribution is -0.138. The van der Waals surface area contributed by atoms with Crippen molar-refractivity contribution in [1.82, 2.24) is 4.90 Å². The minimum atomic E-state index is -0.877. The van der Waals surface area contributed by atoms with E-state index >= 15 is 0 Å². The Kier molecular flexibility index (Phi) is 7.29. The molecule has 0 saturated carbocycles. The molecule has 1 atom stereocenters. The van der Waals surface area contributed by atoms with Gasteiger partial charge in [0.15, 0.2) is 0 Å². The van der Waals surface area contributed by atoms with Crippen LogP contribution in [0.3, 0.4) is 0 Å². The van der Waals surface area contributed by atoms with Gasteiger partial charge in [-0.3, -0.25) is 9.59 Å². The van der Waals surface area contributed by atoms with Gasteiger partial charge in [-0.2, -0.15) is 0 Å². The molecule has 0 aliphatic rings. The maximum atomic E-state index is 12.4. The first-order chi connectivity index (χ1) is 9.91. The van der Waals surface area contributed by atoms with E-state index in [4.69, 9.17) is 5.11 Å². The number of carbonyl (C=O) groups is 2. The molecule has 0 aliphatic carbocycles. The van der Waals surface area contributed by atoms with Gasteiger partial charge in [0.1, 0.15) is 0 Å². The third-order valence-electron chi connectivity index (χ3n) is 3.16. The van der Waals surface area contributed by atoms with E-state index in [1.54, 1.807) is 16.7 Å². The number of hydrogen-bond acceptors (Lipinski definition) is 3. The van der Waals surface area contributed by atoms with Crippen LogP contribution in [-0.4, -0.2) is 39.7 Å². The molecule has 1 aromatic carbocycles. The minimum Gasteiger partial charge on any atom is -0.481 e. The number of amides is 1. The lowest BCUT2D eigenvalue weighted by atomic mass is 10.2. The molecular weight excluding hydrogens is 286 g/mol. The average Bonchev–Trinajstić information content (AvgIpc) is 2.45. The first-order valence-corrected chi connectivity index (χ1v) is 8.14. The van der Waals surface area contributed by atoms with E-state index in [2.05, 4.69) is 0 Å². The summed E-state index contributed by atoms with van der Waals surface area (Å²) < 4.78 is 0. The Balaban J connectivity index is 2.55. The highest BCUT2D eigenvalue weighted by molar-refractivity contribution is 7.99. The standard InChI is InChI=1S/C16H23NO3S/c1-12(2)17(10-9-15(18)19)16(20)13(3)21-11-14-7-5-4-6-8-14/h4-8,12-13H,9-11H2,1-3H3,(H,18,19). The summed E-state index contributed by atoms with van der Waals surface area (Å²) in [4.78, 5) is 24.8. The van der Waals surface area contributed by atoms with E-state index in [-0.39, 0.29) is 30.2 Å². The molecule has 0 radical (unpaired) electrons. The van der Waals surface area contributed by atoms with Crippen LogP contribution < -0.4 is 0 Å². The number of hydrogen-bond donors (Lipinski definition) is 1. The van der Waals surface area contributed by atoms with Gasteiger partial charge >= 0.3 is 5.97 Å². The van der Waals surface area contributed by atoms with Crippen molar-refractivity contribution in [2.45, 2.75) is 44.2 Å². The Hall–Kier alpha value is -1.49. The third-order valence-corrected chi connectivity index (χ3v) is 4.37. The zero-order valence-corrected chi connectivity index (χ0v) is 13.6. The summed E-state index contributed by atoms with van der Waals surface area (Å²) in [6, 6.07) is 10.0. The molecule has 5 heteroatoms. The molecule has 1 rings (SSSR count). The topological polar surface area (TPSA) is 57.6 Å². The second-order valence-corrected chi connectivity index (χ2v) is 6.54. The molecule has 0 saturated heterocycles. The zero-order chi connectivity index (χ0) is 15.8.